The molecule has 1 aromatic heterocycles. The highest BCUT2D eigenvalue weighted by Crippen LogP contribution is 2.58. The summed E-state index contributed by atoms with van der Waals surface area (Å²) >= 11 is 0. The van der Waals surface area contributed by atoms with E-state index in [0.29, 0.717) is 0 Å². The van der Waals surface area contributed by atoms with Crippen molar-refractivity contribution in [1.29, 1.82) is 0 Å². The molecular formula is C55H48BN3O. The van der Waals surface area contributed by atoms with Gasteiger partial charge in [0.15, 0.2) is 0 Å². The smallest absolute Gasteiger partial charge is 0.229 e. The van der Waals surface area contributed by atoms with Crippen LogP contribution in [0.1, 0.15) is 44.4 Å². The standard InChI is InChI=1S/C55H48BN3O/c1-36-19-24-41(25-20-36)58-48-31-21-37(2)33-47(48)56-46-30-28-43(35-49(46)59(39-13-8-7-9-14-39)53-18-12-17-52(58)55(53,56)6)57(40-26-22-38(23-27-40)54(3,4)5)42-29-32-51-45(34-42)44-15-10-11-16-50(44)60-51/h7-35,53H,1-6H3. The van der Waals surface area contributed by atoms with E-state index in [2.05, 4.69) is 226 Å². The number of rotatable bonds is 5. The van der Waals surface area contributed by atoms with Gasteiger partial charge in [0, 0.05) is 61.6 Å². The fourth-order valence-electron chi connectivity index (χ4n) is 10.4. The number of anilines is 7. The van der Waals surface area contributed by atoms with Gasteiger partial charge >= 0.3 is 0 Å². The minimum absolute atomic E-state index is 0.0300. The Bertz CT molecular complexity index is 3030. The van der Waals surface area contributed by atoms with E-state index in [1.807, 2.05) is 6.07 Å². The Balaban J connectivity index is 1.16. The summed E-state index contributed by atoms with van der Waals surface area (Å²) in [6, 6.07) is 58.4. The van der Waals surface area contributed by atoms with E-state index in [-0.39, 0.29) is 23.5 Å². The van der Waals surface area contributed by atoms with Gasteiger partial charge in [0.05, 0.1) is 6.04 Å². The average Bonchev–Trinajstić information content (AvgIpc) is 3.62. The number of fused-ring (bicyclic) bond motifs is 7. The van der Waals surface area contributed by atoms with Crippen molar-refractivity contribution >= 4 is 79.4 Å². The van der Waals surface area contributed by atoms with Crippen LogP contribution in [-0.4, -0.2) is 12.8 Å². The number of hydrogen-bond acceptors (Lipinski definition) is 4. The van der Waals surface area contributed by atoms with Crippen LogP contribution in [0.3, 0.4) is 0 Å². The van der Waals surface area contributed by atoms with E-state index in [0.717, 1.165) is 39.0 Å². The van der Waals surface area contributed by atoms with Crippen molar-refractivity contribution in [3.8, 4) is 0 Å². The molecule has 0 fully saturated rings. The van der Waals surface area contributed by atoms with Crippen LogP contribution in [0, 0.1) is 13.8 Å². The fourth-order valence-corrected chi connectivity index (χ4v) is 10.4. The van der Waals surface area contributed by atoms with Crippen LogP contribution in [0.4, 0.5) is 39.8 Å². The third kappa shape index (κ3) is 5.52. The number of hydrogen-bond donors (Lipinski definition) is 0. The first-order valence-electron chi connectivity index (χ1n) is 21.2. The predicted octanol–water partition coefficient (Wildman–Crippen LogP) is 13.5. The molecule has 8 aromatic rings. The molecule has 0 saturated carbocycles. The van der Waals surface area contributed by atoms with Crippen molar-refractivity contribution in [3.05, 3.63) is 198 Å². The van der Waals surface area contributed by atoms with Crippen molar-refractivity contribution in [1.82, 2.24) is 0 Å². The highest BCUT2D eigenvalue weighted by atomic mass is 16.3. The van der Waals surface area contributed by atoms with Gasteiger partial charge < -0.3 is 19.1 Å². The first-order valence-corrected chi connectivity index (χ1v) is 21.2. The molecular weight excluding hydrogens is 729 g/mol. The van der Waals surface area contributed by atoms with Crippen molar-refractivity contribution < 1.29 is 4.42 Å². The van der Waals surface area contributed by atoms with Gasteiger partial charge in [-0.15, -0.1) is 0 Å². The number of nitrogens with zero attached hydrogens (tertiary/aromatic N) is 3. The molecule has 3 aliphatic rings. The lowest BCUT2D eigenvalue weighted by molar-refractivity contribution is 0.571. The second kappa shape index (κ2) is 13.4. The molecule has 2 atom stereocenters. The van der Waals surface area contributed by atoms with Crippen LogP contribution in [0.2, 0.25) is 5.31 Å². The summed E-state index contributed by atoms with van der Waals surface area (Å²) < 4.78 is 6.33. The molecule has 0 bridgehead atoms. The predicted molar refractivity (Wildman–Crippen MR) is 255 cm³/mol. The molecule has 60 heavy (non-hydrogen) atoms. The molecule has 2 unspecified atom stereocenters. The topological polar surface area (TPSA) is 22.9 Å². The second-order valence-electron chi connectivity index (χ2n) is 18.2. The largest absolute Gasteiger partial charge is 0.456 e. The van der Waals surface area contributed by atoms with E-state index in [1.54, 1.807) is 0 Å². The normalized spacial score (nSPS) is 18.0. The molecule has 0 N–H and O–H groups in total. The molecule has 5 heteroatoms. The molecule has 292 valence electrons. The maximum atomic E-state index is 6.33. The monoisotopic (exact) mass is 777 g/mol. The molecule has 2 aliphatic heterocycles. The van der Waals surface area contributed by atoms with Crippen molar-refractivity contribution in [2.75, 3.05) is 14.7 Å². The Morgan fingerprint density at radius 2 is 1.28 bits per heavy atom. The van der Waals surface area contributed by atoms with Gasteiger partial charge in [-0.3, -0.25) is 0 Å². The zero-order valence-electron chi connectivity index (χ0n) is 35.1. The molecule has 0 spiro atoms. The number of aryl methyl sites for hydroxylation is 2. The maximum absolute atomic E-state index is 6.33. The summed E-state index contributed by atoms with van der Waals surface area (Å²) in [4.78, 5) is 7.56. The van der Waals surface area contributed by atoms with Gasteiger partial charge in [0.25, 0.3) is 0 Å². The van der Waals surface area contributed by atoms with Gasteiger partial charge in [-0.25, -0.2) is 0 Å². The third-order valence-corrected chi connectivity index (χ3v) is 13.3. The minimum atomic E-state index is -0.305. The summed E-state index contributed by atoms with van der Waals surface area (Å²) in [6.45, 7) is 13.8. The van der Waals surface area contributed by atoms with Crippen LogP contribution in [-0.2, 0) is 5.41 Å². The van der Waals surface area contributed by atoms with Gasteiger partial charge in [0.2, 0.25) is 6.71 Å². The summed E-state index contributed by atoms with van der Waals surface area (Å²) in [6.07, 6.45) is 7.10. The Hall–Kier alpha value is -6.72. The van der Waals surface area contributed by atoms with Crippen molar-refractivity contribution in [3.63, 3.8) is 0 Å². The first kappa shape index (κ1) is 36.4. The van der Waals surface area contributed by atoms with E-state index < -0.39 is 0 Å². The molecule has 4 nitrogen and oxygen atoms in total. The lowest BCUT2D eigenvalue weighted by atomic mass is 9.22. The molecule has 0 amide bonds. The van der Waals surface area contributed by atoms with Gasteiger partial charge in [0.1, 0.15) is 11.2 Å². The Morgan fingerprint density at radius 3 is 2.07 bits per heavy atom. The van der Waals surface area contributed by atoms with Crippen LogP contribution in [0.25, 0.3) is 21.9 Å². The molecule has 0 radical (unpaired) electrons. The zero-order valence-corrected chi connectivity index (χ0v) is 35.1. The highest BCUT2D eigenvalue weighted by molar-refractivity contribution is 6.91. The second-order valence-corrected chi connectivity index (χ2v) is 18.2. The van der Waals surface area contributed by atoms with Crippen LogP contribution in [0.15, 0.2) is 186 Å². The fraction of sp³-hybridized carbons (Fsp3) is 0.164. The maximum Gasteiger partial charge on any atom is 0.229 e. The zero-order chi connectivity index (χ0) is 40.9. The molecule has 1 aliphatic carbocycles. The Kier molecular flexibility index (Phi) is 8.13. The van der Waals surface area contributed by atoms with Gasteiger partial charge in [-0.1, -0.05) is 130 Å². The van der Waals surface area contributed by atoms with Gasteiger partial charge in [-0.05, 0) is 121 Å². The van der Waals surface area contributed by atoms with Crippen LogP contribution >= 0.6 is 0 Å². The molecule has 7 aromatic carbocycles. The quantitative estimate of drug-likeness (QED) is 0.162. The summed E-state index contributed by atoms with van der Waals surface area (Å²) in [5.74, 6) is 0. The van der Waals surface area contributed by atoms with Crippen LogP contribution in [0.5, 0.6) is 0 Å². The minimum Gasteiger partial charge on any atom is -0.456 e. The number of benzene rings is 7. The summed E-state index contributed by atoms with van der Waals surface area (Å²) in [7, 11) is 0. The van der Waals surface area contributed by atoms with Crippen molar-refractivity contribution in [2.45, 2.75) is 58.3 Å². The molecule has 3 heterocycles. The van der Waals surface area contributed by atoms with E-state index in [1.165, 1.54) is 56.1 Å². The third-order valence-electron chi connectivity index (χ3n) is 13.3. The summed E-state index contributed by atoms with van der Waals surface area (Å²) in [5.41, 5.74) is 17.8. The van der Waals surface area contributed by atoms with Gasteiger partial charge in [-0.2, -0.15) is 0 Å². The van der Waals surface area contributed by atoms with E-state index in [4.69, 9.17) is 4.42 Å². The number of para-hydroxylation sites is 2. The molecule has 11 rings (SSSR count). The highest BCUT2D eigenvalue weighted by Gasteiger charge is 2.59. The Labute approximate surface area is 353 Å². The number of allylic oxidation sites excluding steroid dienone is 2. The lowest BCUT2D eigenvalue weighted by Crippen LogP contribution is -2.68. The lowest BCUT2D eigenvalue weighted by Gasteiger charge is -2.59. The van der Waals surface area contributed by atoms with Crippen molar-refractivity contribution in [2.24, 2.45) is 0 Å². The van der Waals surface area contributed by atoms with E-state index in [9.17, 15) is 0 Å². The number of furan rings is 1. The SMILES string of the molecule is Cc1ccc(N2C3=CC=CC4N(c5ccccc5)c5cc(N(c6ccc(C(C)(C)C)cc6)c6ccc7oc8ccccc8c7c6)ccc5B(c5cc(C)ccc52)C34C)cc1. The Morgan fingerprint density at radius 1 is 0.600 bits per heavy atom. The van der Waals surface area contributed by atoms with E-state index >= 15 is 0 Å². The van der Waals surface area contributed by atoms with Crippen LogP contribution < -0.4 is 25.6 Å². The summed E-state index contributed by atoms with van der Waals surface area (Å²) in [5, 5.41) is 1.93. The average molecular weight is 778 g/mol. The molecule has 0 saturated heterocycles. The first-order chi connectivity index (χ1) is 29.1.